The van der Waals surface area contributed by atoms with Crippen molar-refractivity contribution < 1.29 is 19.2 Å². The Morgan fingerprint density at radius 2 is 2.00 bits per heavy atom. The zero-order valence-corrected chi connectivity index (χ0v) is 20.4. The summed E-state index contributed by atoms with van der Waals surface area (Å²) in [4.78, 5) is 29.0. The van der Waals surface area contributed by atoms with Crippen LogP contribution in [0.4, 0.5) is 11.6 Å². The van der Waals surface area contributed by atoms with Crippen molar-refractivity contribution in [3.63, 3.8) is 0 Å². The van der Waals surface area contributed by atoms with E-state index in [2.05, 4.69) is 21.5 Å². The van der Waals surface area contributed by atoms with Gasteiger partial charge in [0.25, 0.3) is 5.69 Å². The van der Waals surface area contributed by atoms with E-state index < -0.39 is 16.9 Å². The molecule has 1 aliphatic rings. The van der Waals surface area contributed by atoms with E-state index in [1.165, 1.54) is 29.6 Å². The molecule has 0 spiro atoms. The summed E-state index contributed by atoms with van der Waals surface area (Å²) in [6.07, 6.45) is 0. The largest absolute Gasteiger partial charge is 0.460 e. The smallest absolute Gasteiger partial charge is 0.338 e. The van der Waals surface area contributed by atoms with Gasteiger partial charge in [0.05, 0.1) is 22.7 Å². The average Bonchev–Trinajstić information content (AvgIpc) is 3.24. The summed E-state index contributed by atoms with van der Waals surface area (Å²) in [5.74, 6) is 0.440. The highest BCUT2D eigenvalue weighted by Crippen LogP contribution is 2.40. The number of nitrogens with one attached hydrogen (secondary N) is 1. The minimum Gasteiger partial charge on any atom is -0.460 e. The number of carbonyl (C=O) groups is 1. The Labute approximate surface area is 206 Å². The Bertz CT molecular complexity index is 1290. The predicted octanol–water partition coefficient (Wildman–Crippen LogP) is 4.27. The fourth-order valence-corrected chi connectivity index (χ4v) is 4.65. The highest BCUT2D eigenvalue weighted by Gasteiger charge is 2.38. The molecule has 0 aliphatic carbocycles. The maximum Gasteiger partial charge on any atom is 0.338 e. The lowest BCUT2D eigenvalue weighted by Crippen LogP contribution is -2.30. The molecule has 0 fully saturated rings. The zero-order chi connectivity index (χ0) is 24.9. The third-order valence-corrected chi connectivity index (χ3v) is 6.36. The molecule has 3 aromatic rings. The molecular weight excluding hydrogens is 470 g/mol. The van der Waals surface area contributed by atoms with Crippen molar-refractivity contribution in [1.82, 2.24) is 14.8 Å². The Kier molecular flexibility index (Phi) is 7.47. The topological polar surface area (TPSA) is 121 Å². The van der Waals surface area contributed by atoms with Gasteiger partial charge in [-0.2, -0.15) is 4.98 Å². The molecule has 1 atom stereocenters. The number of ether oxygens (including phenoxy) is 2. The number of benzene rings is 2. The molecule has 1 aliphatic heterocycles. The van der Waals surface area contributed by atoms with E-state index in [4.69, 9.17) is 9.47 Å². The van der Waals surface area contributed by atoms with Crippen LogP contribution in [0.2, 0.25) is 0 Å². The summed E-state index contributed by atoms with van der Waals surface area (Å²) in [7, 11) is 1.51. The number of carbonyl (C=O) groups excluding carboxylic acids is 1. The van der Waals surface area contributed by atoms with Crippen LogP contribution in [-0.4, -0.2) is 46.0 Å². The van der Waals surface area contributed by atoms with Gasteiger partial charge in [-0.1, -0.05) is 53.7 Å². The van der Waals surface area contributed by atoms with Crippen LogP contribution in [0.5, 0.6) is 0 Å². The van der Waals surface area contributed by atoms with Crippen molar-refractivity contribution in [1.29, 1.82) is 0 Å². The Morgan fingerprint density at radius 1 is 1.20 bits per heavy atom. The van der Waals surface area contributed by atoms with Crippen molar-refractivity contribution in [3.8, 4) is 0 Å². The quantitative estimate of drug-likeness (QED) is 0.152. The first-order valence-corrected chi connectivity index (χ1v) is 11.9. The number of para-hydroxylation sites is 1. The number of nitro benzene ring substituents is 1. The Morgan fingerprint density at radius 3 is 2.74 bits per heavy atom. The molecule has 1 N–H and O–H groups in total. The molecule has 0 amide bonds. The van der Waals surface area contributed by atoms with Crippen LogP contribution < -0.4 is 5.32 Å². The number of methoxy groups -OCH3 is 1. The van der Waals surface area contributed by atoms with Crippen molar-refractivity contribution in [2.24, 2.45) is 0 Å². The molecule has 0 bridgehead atoms. The summed E-state index contributed by atoms with van der Waals surface area (Å²) < 4.78 is 11.9. The van der Waals surface area contributed by atoms with E-state index in [0.717, 1.165) is 11.1 Å². The SMILES string of the molecule is COCCOC(=O)C1=C(C)Nc2nc(SCc3cccc(C)c3)nn2[C@H]1c1ccccc1[N+](=O)[O-]. The van der Waals surface area contributed by atoms with Crippen molar-refractivity contribution in [2.45, 2.75) is 30.8 Å². The number of nitro groups is 1. The second-order valence-electron chi connectivity index (χ2n) is 7.95. The number of aromatic nitrogens is 3. The third kappa shape index (κ3) is 5.36. The lowest BCUT2D eigenvalue weighted by atomic mass is 9.94. The van der Waals surface area contributed by atoms with Crippen molar-refractivity contribution >= 4 is 29.4 Å². The van der Waals surface area contributed by atoms with E-state index in [1.54, 1.807) is 25.1 Å². The standard InChI is InChI=1S/C24H25N5O5S/c1-15-7-6-8-17(13-15)14-35-24-26-23-25-16(2)20(22(30)34-12-11-33-3)21(28(23)27-24)18-9-4-5-10-19(18)29(31)32/h4-10,13,21H,11-12,14H2,1-3H3,(H,25,26,27)/t21-/m0/s1. The van der Waals surface area contributed by atoms with E-state index in [9.17, 15) is 14.9 Å². The summed E-state index contributed by atoms with van der Waals surface area (Å²) in [6, 6.07) is 13.6. The lowest BCUT2D eigenvalue weighted by Gasteiger charge is -2.27. The summed E-state index contributed by atoms with van der Waals surface area (Å²) in [6.45, 7) is 4.03. The molecule has 2 heterocycles. The van der Waals surface area contributed by atoms with Crippen molar-refractivity contribution in [2.75, 3.05) is 25.6 Å². The molecule has 182 valence electrons. The van der Waals surface area contributed by atoms with Gasteiger partial charge in [0.1, 0.15) is 12.6 Å². The van der Waals surface area contributed by atoms with Crippen LogP contribution >= 0.6 is 11.8 Å². The fraction of sp³-hybridized carbons (Fsp3) is 0.292. The van der Waals surface area contributed by atoms with E-state index in [0.29, 0.717) is 28.1 Å². The molecular formula is C24H25N5O5S. The second kappa shape index (κ2) is 10.7. The van der Waals surface area contributed by atoms with E-state index in [-0.39, 0.29) is 24.5 Å². The highest BCUT2D eigenvalue weighted by atomic mass is 32.2. The van der Waals surface area contributed by atoms with Crippen molar-refractivity contribution in [3.05, 3.63) is 86.6 Å². The summed E-state index contributed by atoms with van der Waals surface area (Å²) >= 11 is 1.44. The van der Waals surface area contributed by atoms with Crippen LogP contribution in [0.15, 0.2) is 65.0 Å². The first kappa shape index (κ1) is 24.4. The predicted molar refractivity (Wildman–Crippen MR) is 131 cm³/mol. The number of allylic oxidation sites excluding steroid dienone is 1. The molecule has 35 heavy (non-hydrogen) atoms. The number of thioether (sulfide) groups is 1. The van der Waals surface area contributed by atoms with E-state index >= 15 is 0 Å². The molecule has 11 heteroatoms. The third-order valence-electron chi connectivity index (χ3n) is 5.45. The van der Waals surface area contributed by atoms with Gasteiger partial charge in [0, 0.05) is 24.6 Å². The normalized spacial score (nSPS) is 14.9. The number of hydrogen-bond acceptors (Lipinski definition) is 9. The van der Waals surface area contributed by atoms with Gasteiger partial charge in [-0.25, -0.2) is 9.48 Å². The average molecular weight is 496 g/mol. The molecule has 0 radical (unpaired) electrons. The van der Waals surface area contributed by atoms with Crippen LogP contribution in [-0.2, 0) is 20.0 Å². The summed E-state index contributed by atoms with van der Waals surface area (Å²) in [5, 5.41) is 20.1. The highest BCUT2D eigenvalue weighted by molar-refractivity contribution is 7.98. The molecule has 0 unspecified atom stereocenters. The maximum absolute atomic E-state index is 13.1. The van der Waals surface area contributed by atoms with Gasteiger partial charge >= 0.3 is 5.97 Å². The molecule has 2 aromatic carbocycles. The molecule has 10 nitrogen and oxygen atoms in total. The molecule has 0 saturated carbocycles. The zero-order valence-electron chi connectivity index (χ0n) is 19.6. The number of anilines is 1. The van der Waals surface area contributed by atoms with Crippen LogP contribution in [0.25, 0.3) is 0 Å². The molecule has 0 saturated heterocycles. The summed E-state index contributed by atoms with van der Waals surface area (Å²) in [5.41, 5.74) is 3.20. The van der Waals surface area contributed by atoms with Gasteiger partial charge in [0.2, 0.25) is 11.1 Å². The van der Waals surface area contributed by atoms with Crippen LogP contribution in [0, 0.1) is 17.0 Å². The van der Waals surface area contributed by atoms with Gasteiger partial charge in [-0.15, -0.1) is 5.10 Å². The number of fused-ring (bicyclic) bond motifs is 1. The monoisotopic (exact) mass is 495 g/mol. The molecule has 1 aromatic heterocycles. The molecule has 4 rings (SSSR count). The number of rotatable bonds is 9. The van der Waals surface area contributed by atoms with Gasteiger partial charge in [-0.3, -0.25) is 10.1 Å². The first-order chi connectivity index (χ1) is 16.9. The van der Waals surface area contributed by atoms with Crippen LogP contribution in [0.1, 0.15) is 29.7 Å². The first-order valence-electron chi connectivity index (χ1n) is 10.9. The number of nitrogens with zero attached hydrogens (tertiary/aromatic N) is 4. The Balaban J connectivity index is 1.72. The Hall–Kier alpha value is -3.70. The van der Waals surface area contributed by atoms with Gasteiger partial charge in [-0.05, 0) is 25.5 Å². The van der Waals surface area contributed by atoms with Gasteiger partial charge in [0.15, 0.2) is 0 Å². The lowest BCUT2D eigenvalue weighted by molar-refractivity contribution is -0.385. The number of aryl methyl sites for hydroxylation is 1. The number of hydrogen-bond donors (Lipinski definition) is 1. The second-order valence-corrected chi connectivity index (χ2v) is 8.89. The minimum atomic E-state index is -0.885. The maximum atomic E-state index is 13.1. The minimum absolute atomic E-state index is 0.0531. The van der Waals surface area contributed by atoms with Gasteiger partial charge < -0.3 is 14.8 Å². The van der Waals surface area contributed by atoms with E-state index in [1.807, 2.05) is 25.1 Å². The number of esters is 1. The fourth-order valence-electron chi connectivity index (χ4n) is 3.87. The van der Waals surface area contributed by atoms with Crippen LogP contribution in [0.3, 0.4) is 0 Å².